The number of morpholine rings is 1. The first-order valence-electron chi connectivity index (χ1n) is 40.6. The number of aryl methyl sites for hydroxylation is 4. The van der Waals surface area contributed by atoms with Crippen LogP contribution in [0.25, 0.3) is 0 Å². The van der Waals surface area contributed by atoms with Gasteiger partial charge in [-0.25, -0.2) is 19.9 Å². The zero-order chi connectivity index (χ0) is 92.1. The van der Waals surface area contributed by atoms with Gasteiger partial charge in [-0.15, -0.1) is 0 Å². The van der Waals surface area contributed by atoms with Gasteiger partial charge in [-0.1, -0.05) is 94.9 Å². The number of aromatic nitrogens is 12. The van der Waals surface area contributed by atoms with Crippen LogP contribution in [0.4, 0.5) is 46.5 Å². The van der Waals surface area contributed by atoms with Gasteiger partial charge in [0.1, 0.15) is 92.1 Å². The minimum absolute atomic E-state index is 0.188. The maximum atomic E-state index is 12.8. The third-order valence-electron chi connectivity index (χ3n) is 20.6. The highest BCUT2D eigenvalue weighted by molar-refractivity contribution is 7.99. The number of benzene rings is 4. The lowest BCUT2D eigenvalue weighted by Crippen LogP contribution is -2.40. The number of amidine groups is 4. The molecule has 4 aliphatic heterocycles. The maximum absolute atomic E-state index is 12.8. The Morgan fingerprint density at radius 3 is 0.877 bits per heavy atom. The number of hydrogen-bond acceptors (Lipinski definition) is 23. The molecule has 42 heteroatoms. The maximum Gasteiger partial charge on any atom is 0.262 e. The molecule has 3 fully saturated rings. The van der Waals surface area contributed by atoms with Crippen molar-refractivity contribution < 1.29 is 43.1 Å². The molecule has 4 aliphatic rings. The Labute approximate surface area is 769 Å². The molecule has 12 aromatic rings. The first-order valence-corrected chi connectivity index (χ1v) is 43.2. The molecule has 0 atom stereocenters. The van der Waals surface area contributed by atoms with Crippen molar-refractivity contribution in [2.75, 3.05) is 127 Å². The molecule has 3 saturated heterocycles. The van der Waals surface area contributed by atoms with E-state index >= 15 is 0 Å². The number of nitrogens with zero attached hydrogens (tertiary/aromatic N) is 17. The fourth-order valence-electron chi connectivity index (χ4n) is 13.5. The molecule has 37 nitrogen and oxygen atoms in total. The van der Waals surface area contributed by atoms with Gasteiger partial charge in [0.05, 0.1) is 64.6 Å². The Hall–Kier alpha value is -14.6. The second kappa shape index (κ2) is 43.8. The average Bonchev–Trinajstić information content (AvgIpc) is 1.67. The first-order chi connectivity index (χ1) is 62.7. The standard InChI is InChI=1S/C23H24ClN7O2.C22H22ClN7O3.C22H22ClN7O2S.C21H20ClN7O2/c1-30-21(18(14-27-30)23(33)28-19-10-9-17(24)13-26-19)29-22(32)16-7-5-15(6-8-16)20(25)31-11-3-2-4-12-31;2*1-29-20(17(13-26-29)22(32)27-18-7-6-16(23)12-25-18)28-21(31)15-4-2-14(3-5-15)19(24)30-8-10-33-11-9-30;1-28-10-9-23-18(28)13-3-5-14(6-4-13)20(30)27-19-16(12-25-29(19)2)21(31)26-17-8-7-15(22)11-24-17/h5-10,13-14,25H,2-4,11-12H2,1H3,(H,29,32)(H,26,28,33);2*2-7,12-13,24H,8-11H2,1H3,(H,28,31)(H,25,27,32);3-8,11-12H,9-10H2,1-2H3,(H,27,30)(H,24,26,31). The van der Waals surface area contributed by atoms with E-state index in [1.165, 1.54) is 74.7 Å². The number of amides is 8. The lowest BCUT2D eigenvalue weighted by Gasteiger charge is -2.29. The number of hydrogen-bond donors (Lipinski definition) is 11. The van der Waals surface area contributed by atoms with Crippen LogP contribution in [-0.4, -0.2) is 233 Å². The number of pyridine rings is 4. The molecule has 16 rings (SSSR count). The Balaban J connectivity index is 0.000000148. The average molecular weight is 1860 g/mol. The number of nitrogens with one attached hydrogen (secondary N) is 11. The summed E-state index contributed by atoms with van der Waals surface area (Å²) in [6.45, 7) is 7.64. The molecule has 8 amide bonds. The smallest absolute Gasteiger partial charge is 0.262 e. The molecule has 130 heavy (non-hydrogen) atoms. The summed E-state index contributed by atoms with van der Waals surface area (Å²) in [5.41, 5.74) is 5.66. The van der Waals surface area contributed by atoms with Crippen molar-refractivity contribution in [2.24, 2.45) is 33.2 Å². The second-order valence-corrected chi connectivity index (χ2v) is 32.4. The van der Waals surface area contributed by atoms with Crippen molar-refractivity contribution in [3.05, 3.63) is 282 Å². The SMILES string of the molecule is CN1CCN=C1c1ccc(C(=O)Nc2c(C(=O)Nc3ccc(Cl)cn3)cnn2C)cc1.Cn1ncc(C(=O)Nc2ccc(Cl)cn2)c1NC(=O)c1ccc(C(=N)N2CCCCC2)cc1.Cn1ncc(C(=O)Nc2ccc(Cl)cn2)c1NC(=O)c1ccc(C(=N)N2CCOCC2)cc1.Cn1ncc(C(=O)Nc2ccc(Cl)cn2)c1NC(=O)c1ccc(C(=N)N2CCSCC2)cc1. The second-order valence-electron chi connectivity index (χ2n) is 29.4. The van der Waals surface area contributed by atoms with E-state index < -0.39 is 29.5 Å². The van der Waals surface area contributed by atoms with Gasteiger partial charge in [0, 0.05) is 162 Å². The monoisotopic (exact) mass is 1850 g/mol. The number of rotatable bonds is 20. The molecule has 12 heterocycles. The fraction of sp³-hybridized carbons (Fsp3) is 0.227. The van der Waals surface area contributed by atoms with Crippen molar-refractivity contribution in [1.29, 1.82) is 16.2 Å². The van der Waals surface area contributed by atoms with E-state index in [0.29, 0.717) is 115 Å². The summed E-state index contributed by atoms with van der Waals surface area (Å²) in [4.78, 5) is 131. The number of carbonyl (C=O) groups is 8. The van der Waals surface area contributed by atoms with Crippen LogP contribution in [0.3, 0.4) is 0 Å². The van der Waals surface area contributed by atoms with Crippen molar-refractivity contribution >= 4 is 175 Å². The summed E-state index contributed by atoms with van der Waals surface area (Å²) < 4.78 is 11.0. The van der Waals surface area contributed by atoms with E-state index in [9.17, 15) is 38.4 Å². The van der Waals surface area contributed by atoms with E-state index in [2.05, 4.69) is 97.7 Å². The number of aliphatic imine (C=N–C) groups is 1. The van der Waals surface area contributed by atoms with Gasteiger partial charge in [0.25, 0.3) is 47.3 Å². The van der Waals surface area contributed by atoms with E-state index in [1.54, 1.807) is 162 Å². The summed E-state index contributed by atoms with van der Waals surface area (Å²) in [5, 5.41) is 65.1. The molecule has 668 valence electrons. The molecular formula is C88H88Cl4N28O9S. The minimum atomic E-state index is -0.470. The summed E-state index contributed by atoms with van der Waals surface area (Å²) in [7, 11) is 8.52. The molecule has 4 aromatic carbocycles. The van der Waals surface area contributed by atoms with Gasteiger partial charge in [0.15, 0.2) is 0 Å². The van der Waals surface area contributed by atoms with Crippen LogP contribution >= 0.6 is 58.2 Å². The van der Waals surface area contributed by atoms with Crippen molar-refractivity contribution in [1.82, 2.24) is 78.7 Å². The zero-order valence-corrected chi connectivity index (χ0v) is 74.6. The number of piperidine rings is 1. The minimum Gasteiger partial charge on any atom is -0.378 e. The number of likely N-dealkylation sites (N-methyl/N-ethyl adjacent to an activating group) is 1. The van der Waals surface area contributed by atoms with E-state index in [-0.39, 0.29) is 63.2 Å². The molecule has 8 aromatic heterocycles. The number of anilines is 8. The van der Waals surface area contributed by atoms with Gasteiger partial charge < -0.3 is 66.9 Å². The lowest BCUT2D eigenvalue weighted by molar-refractivity contribution is 0.0680. The lowest BCUT2D eigenvalue weighted by atomic mass is 10.1. The number of likely N-dealkylation sites (tertiary alicyclic amines) is 1. The van der Waals surface area contributed by atoms with Gasteiger partial charge in [-0.05, 0) is 116 Å². The third-order valence-corrected chi connectivity index (χ3v) is 22.4. The molecule has 0 unspecified atom stereocenters. The Bertz CT molecular complexity index is 5710. The molecule has 0 saturated carbocycles. The number of carbonyl (C=O) groups excluding carboxylic acids is 8. The zero-order valence-electron chi connectivity index (χ0n) is 70.8. The molecule has 0 spiro atoms. The fourth-order valence-corrected chi connectivity index (χ4v) is 14.8. The van der Waals surface area contributed by atoms with Gasteiger partial charge in [-0.2, -0.15) is 32.2 Å². The van der Waals surface area contributed by atoms with Crippen molar-refractivity contribution in [2.45, 2.75) is 19.3 Å². The summed E-state index contributed by atoms with van der Waals surface area (Å²) in [6, 6.07) is 40.5. The van der Waals surface area contributed by atoms with E-state index in [0.717, 1.165) is 86.1 Å². The molecule has 0 bridgehead atoms. The predicted octanol–water partition coefficient (Wildman–Crippen LogP) is 12.4. The number of thioether (sulfide) groups is 1. The topological polar surface area (TPSA) is 462 Å². The Kier molecular flexibility index (Phi) is 31.3. The summed E-state index contributed by atoms with van der Waals surface area (Å²) in [6.07, 6.45) is 14.6. The van der Waals surface area contributed by atoms with Crippen molar-refractivity contribution in [3.8, 4) is 0 Å². The van der Waals surface area contributed by atoms with Gasteiger partial charge in [0.2, 0.25) is 0 Å². The van der Waals surface area contributed by atoms with Gasteiger partial charge in [-0.3, -0.25) is 78.3 Å². The molecule has 0 radical (unpaired) electrons. The van der Waals surface area contributed by atoms with Crippen LogP contribution in [-0.2, 0) is 32.9 Å². The molecular weight excluding hydrogens is 1770 g/mol. The number of halogens is 4. The molecule has 0 aliphatic carbocycles. The highest BCUT2D eigenvalue weighted by atomic mass is 35.5. The largest absolute Gasteiger partial charge is 0.378 e. The normalized spacial score (nSPS) is 13.4. The van der Waals surface area contributed by atoms with Crippen LogP contribution in [0, 0.1) is 16.2 Å². The van der Waals surface area contributed by atoms with Crippen molar-refractivity contribution in [3.63, 3.8) is 0 Å². The highest BCUT2D eigenvalue weighted by Crippen LogP contribution is 2.27. The predicted molar refractivity (Wildman–Crippen MR) is 500 cm³/mol. The van der Waals surface area contributed by atoms with Crippen LogP contribution in [0.5, 0.6) is 0 Å². The third kappa shape index (κ3) is 24.2. The van der Waals surface area contributed by atoms with Crippen LogP contribution in [0.1, 0.15) is 124 Å². The number of ether oxygens (including phenoxy) is 1. The quantitative estimate of drug-likeness (QED) is 0.0249. The summed E-state index contributed by atoms with van der Waals surface area (Å²) >= 11 is 25.2. The van der Waals surface area contributed by atoms with Crippen LogP contribution < -0.4 is 42.5 Å². The van der Waals surface area contributed by atoms with Crippen LogP contribution in [0.2, 0.25) is 20.1 Å². The Morgan fingerprint density at radius 2 is 0.600 bits per heavy atom. The highest BCUT2D eigenvalue weighted by Gasteiger charge is 2.28. The van der Waals surface area contributed by atoms with E-state index in [4.69, 9.17) is 67.4 Å². The Morgan fingerprint density at radius 1 is 0.323 bits per heavy atom. The van der Waals surface area contributed by atoms with Crippen LogP contribution in [0.15, 0.2) is 200 Å². The first kappa shape index (κ1) is 93.1. The molecule has 11 N–H and O–H groups in total. The summed E-state index contributed by atoms with van der Waals surface area (Å²) in [5.74, 6) is 3.27. The van der Waals surface area contributed by atoms with Gasteiger partial charge >= 0.3 is 0 Å². The van der Waals surface area contributed by atoms with E-state index in [1.807, 2.05) is 40.7 Å².